The van der Waals surface area contributed by atoms with Gasteiger partial charge in [0.1, 0.15) is 0 Å². The van der Waals surface area contributed by atoms with Gasteiger partial charge in [-0.05, 0) is 70.8 Å². The second-order valence-electron chi connectivity index (χ2n) is 7.29. The number of benzene rings is 3. The van der Waals surface area contributed by atoms with Gasteiger partial charge in [0, 0.05) is 6.04 Å². The highest BCUT2D eigenvalue weighted by Gasteiger charge is 2.21. The van der Waals surface area contributed by atoms with Crippen LogP contribution in [-0.4, -0.2) is 6.54 Å². The van der Waals surface area contributed by atoms with E-state index in [1.165, 1.54) is 58.2 Å². The molecule has 3 aromatic carbocycles. The van der Waals surface area contributed by atoms with Gasteiger partial charge in [0.25, 0.3) is 0 Å². The molecular formula is C24H23N. The predicted molar refractivity (Wildman–Crippen MR) is 105 cm³/mol. The Kier molecular flexibility index (Phi) is 3.68. The van der Waals surface area contributed by atoms with Gasteiger partial charge in [-0.2, -0.15) is 0 Å². The van der Waals surface area contributed by atoms with Crippen LogP contribution in [0, 0.1) is 0 Å². The van der Waals surface area contributed by atoms with Crippen LogP contribution >= 0.6 is 0 Å². The Morgan fingerprint density at radius 3 is 2.52 bits per heavy atom. The first-order chi connectivity index (χ1) is 12.4. The molecule has 1 aliphatic heterocycles. The van der Waals surface area contributed by atoms with Crippen LogP contribution in [0.25, 0.3) is 22.3 Å². The summed E-state index contributed by atoms with van der Waals surface area (Å²) in [5.41, 5.74) is 9.94. The molecule has 1 aliphatic carbocycles. The average Bonchev–Trinajstić information content (AvgIpc) is 3.07. The maximum Gasteiger partial charge on any atom is 0.0320 e. The highest BCUT2D eigenvalue weighted by molar-refractivity contribution is 5.84. The normalized spacial score (nSPS) is 18.6. The van der Waals surface area contributed by atoms with Crippen molar-refractivity contribution in [1.29, 1.82) is 0 Å². The summed E-state index contributed by atoms with van der Waals surface area (Å²) in [6.45, 7) is 1.14. The van der Waals surface area contributed by atoms with Crippen molar-refractivity contribution in [3.8, 4) is 22.3 Å². The van der Waals surface area contributed by atoms with Gasteiger partial charge in [-0.1, -0.05) is 67.1 Å². The largest absolute Gasteiger partial charge is 0.310 e. The quantitative estimate of drug-likeness (QED) is 0.495. The molecule has 1 heterocycles. The van der Waals surface area contributed by atoms with Crippen molar-refractivity contribution in [2.24, 2.45) is 0 Å². The van der Waals surface area contributed by atoms with E-state index in [-0.39, 0.29) is 0 Å². The molecule has 1 fully saturated rings. The van der Waals surface area contributed by atoms with E-state index < -0.39 is 0 Å². The molecule has 1 unspecified atom stereocenters. The van der Waals surface area contributed by atoms with Crippen molar-refractivity contribution in [3.63, 3.8) is 0 Å². The lowest BCUT2D eigenvalue weighted by molar-refractivity contribution is 0.412. The highest BCUT2D eigenvalue weighted by atomic mass is 14.9. The van der Waals surface area contributed by atoms with E-state index in [0.29, 0.717) is 6.04 Å². The first kappa shape index (κ1) is 14.9. The summed E-state index contributed by atoms with van der Waals surface area (Å²) in [6, 6.07) is 25.3. The molecule has 0 amide bonds. The Balaban J connectivity index is 1.57. The molecule has 25 heavy (non-hydrogen) atoms. The third-order valence-electron chi connectivity index (χ3n) is 5.76. The van der Waals surface area contributed by atoms with Crippen LogP contribution in [0.3, 0.4) is 0 Å². The number of hydrogen-bond acceptors (Lipinski definition) is 1. The van der Waals surface area contributed by atoms with Crippen LogP contribution in [0.4, 0.5) is 0 Å². The van der Waals surface area contributed by atoms with Gasteiger partial charge in [0.2, 0.25) is 0 Å². The van der Waals surface area contributed by atoms with Crippen molar-refractivity contribution in [3.05, 3.63) is 83.4 Å². The minimum absolute atomic E-state index is 0.516. The van der Waals surface area contributed by atoms with Crippen molar-refractivity contribution in [1.82, 2.24) is 5.32 Å². The molecule has 0 spiro atoms. The first-order valence-corrected chi connectivity index (χ1v) is 9.44. The van der Waals surface area contributed by atoms with Crippen LogP contribution in [-0.2, 0) is 6.42 Å². The van der Waals surface area contributed by atoms with Crippen LogP contribution in [0.15, 0.2) is 66.7 Å². The Labute approximate surface area is 149 Å². The molecule has 0 bridgehead atoms. The van der Waals surface area contributed by atoms with E-state index >= 15 is 0 Å². The van der Waals surface area contributed by atoms with Gasteiger partial charge < -0.3 is 5.32 Å². The smallest absolute Gasteiger partial charge is 0.0320 e. The zero-order chi connectivity index (χ0) is 16.6. The van der Waals surface area contributed by atoms with Gasteiger partial charge in [-0.3, -0.25) is 0 Å². The molecule has 1 heteroatoms. The average molecular weight is 325 g/mol. The van der Waals surface area contributed by atoms with Gasteiger partial charge in [0.15, 0.2) is 0 Å². The molecule has 0 radical (unpaired) electrons. The van der Waals surface area contributed by atoms with Gasteiger partial charge in [0.05, 0.1) is 0 Å². The highest BCUT2D eigenvalue weighted by Crippen LogP contribution is 2.41. The summed E-state index contributed by atoms with van der Waals surface area (Å²) in [7, 11) is 0. The maximum absolute atomic E-state index is 3.68. The fraction of sp³-hybridized carbons (Fsp3) is 0.250. The first-order valence-electron chi connectivity index (χ1n) is 9.44. The number of fused-ring (bicyclic) bond motifs is 3. The second-order valence-corrected chi connectivity index (χ2v) is 7.29. The van der Waals surface area contributed by atoms with Crippen molar-refractivity contribution >= 4 is 0 Å². The van der Waals surface area contributed by atoms with Gasteiger partial charge in [-0.15, -0.1) is 0 Å². The maximum atomic E-state index is 3.68. The van der Waals surface area contributed by atoms with Crippen molar-refractivity contribution < 1.29 is 0 Å². The summed E-state index contributed by atoms with van der Waals surface area (Å²) in [5.74, 6) is 0. The predicted octanol–water partition coefficient (Wildman–Crippen LogP) is 5.74. The van der Waals surface area contributed by atoms with Crippen molar-refractivity contribution in [2.45, 2.75) is 31.7 Å². The molecule has 0 aromatic heterocycles. The zero-order valence-electron chi connectivity index (χ0n) is 14.5. The Bertz CT molecular complexity index is 919. The SMILES string of the molecule is c1cc(-c2cccc3c2Cc2ccccc2-3)cc(C2CCCCN2)c1. The lowest BCUT2D eigenvalue weighted by atomic mass is 9.91. The number of hydrogen-bond donors (Lipinski definition) is 1. The monoisotopic (exact) mass is 325 g/mol. The fourth-order valence-electron chi connectivity index (χ4n) is 4.49. The van der Waals surface area contributed by atoms with E-state index in [1.54, 1.807) is 0 Å². The van der Waals surface area contributed by atoms with E-state index in [9.17, 15) is 0 Å². The fourth-order valence-corrected chi connectivity index (χ4v) is 4.49. The summed E-state index contributed by atoms with van der Waals surface area (Å²) in [5, 5.41) is 3.68. The van der Waals surface area contributed by atoms with Gasteiger partial charge in [-0.25, -0.2) is 0 Å². The number of piperidine rings is 1. The number of nitrogens with one attached hydrogen (secondary N) is 1. The van der Waals surface area contributed by atoms with E-state index in [4.69, 9.17) is 0 Å². The van der Waals surface area contributed by atoms with Crippen LogP contribution in [0.1, 0.15) is 42.0 Å². The molecule has 0 saturated carbocycles. The molecule has 3 aromatic rings. The lowest BCUT2D eigenvalue weighted by Gasteiger charge is -2.24. The van der Waals surface area contributed by atoms with E-state index in [2.05, 4.69) is 72.0 Å². The molecular weight excluding hydrogens is 302 g/mol. The minimum atomic E-state index is 0.516. The molecule has 1 saturated heterocycles. The Hall–Kier alpha value is -2.38. The molecule has 124 valence electrons. The molecule has 1 atom stereocenters. The van der Waals surface area contributed by atoms with Crippen LogP contribution in [0.5, 0.6) is 0 Å². The minimum Gasteiger partial charge on any atom is -0.310 e. The van der Waals surface area contributed by atoms with Crippen LogP contribution < -0.4 is 5.32 Å². The molecule has 1 nitrogen and oxygen atoms in total. The zero-order valence-corrected chi connectivity index (χ0v) is 14.5. The molecule has 1 N–H and O–H groups in total. The van der Waals surface area contributed by atoms with Crippen molar-refractivity contribution in [2.75, 3.05) is 6.54 Å². The Morgan fingerprint density at radius 2 is 1.60 bits per heavy atom. The molecule has 5 rings (SSSR count). The van der Waals surface area contributed by atoms with Crippen LogP contribution in [0.2, 0.25) is 0 Å². The number of rotatable bonds is 2. The third kappa shape index (κ3) is 2.60. The van der Waals surface area contributed by atoms with E-state index in [0.717, 1.165) is 13.0 Å². The third-order valence-corrected chi connectivity index (χ3v) is 5.76. The standard InChI is InChI=1S/C24H23N/c1-2-10-20-18(7-1)16-23-21(11-6-12-22(20)23)17-8-5-9-19(15-17)24-13-3-4-14-25-24/h1-2,5-12,15,24-25H,3-4,13-14,16H2. The summed E-state index contributed by atoms with van der Waals surface area (Å²) < 4.78 is 0. The topological polar surface area (TPSA) is 12.0 Å². The van der Waals surface area contributed by atoms with E-state index in [1.807, 2.05) is 0 Å². The van der Waals surface area contributed by atoms with Gasteiger partial charge >= 0.3 is 0 Å². The summed E-state index contributed by atoms with van der Waals surface area (Å²) in [4.78, 5) is 0. The second kappa shape index (κ2) is 6.16. The summed E-state index contributed by atoms with van der Waals surface area (Å²) in [6.07, 6.45) is 4.94. The lowest BCUT2D eigenvalue weighted by Crippen LogP contribution is -2.26. The molecule has 2 aliphatic rings. The Morgan fingerprint density at radius 1 is 0.760 bits per heavy atom. The summed E-state index contributed by atoms with van der Waals surface area (Å²) >= 11 is 0.